The van der Waals surface area contributed by atoms with Crippen molar-refractivity contribution in [2.24, 2.45) is 0 Å². The molecule has 1 amide bonds. The third-order valence-corrected chi connectivity index (χ3v) is 6.68. The molecule has 0 aliphatic carbocycles. The number of benzene rings is 2. The molecule has 2 aliphatic heterocycles. The summed E-state index contributed by atoms with van der Waals surface area (Å²) in [5.41, 5.74) is 2.08. The molecule has 7 heteroatoms. The SMILES string of the molecule is CC(=O)NC(C)c1ccc(C(O)CN2CCC3(CC2)CC(O)c2cc(O)ccc2O3)cc1. The van der Waals surface area contributed by atoms with Gasteiger partial charge in [-0.1, -0.05) is 24.3 Å². The van der Waals surface area contributed by atoms with E-state index in [1.54, 1.807) is 18.2 Å². The van der Waals surface area contributed by atoms with Crippen molar-refractivity contribution in [3.63, 3.8) is 0 Å². The molecule has 1 saturated heterocycles. The van der Waals surface area contributed by atoms with E-state index in [0.29, 0.717) is 24.3 Å². The molecular weight excluding hydrogens is 408 g/mol. The number of nitrogens with zero attached hydrogens (tertiary/aromatic N) is 1. The van der Waals surface area contributed by atoms with Crippen molar-refractivity contribution >= 4 is 5.91 Å². The van der Waals surface area contributed by atoms with E-state index in [1.165, 1.54) is 6.92 Å². The summed E-state index contributed by atoms with van der Waals surface area (Å²) in [6, 6.07) is 12.5. The minimum Gasteiger partial charge on any atom is -0.508 e. The molecule has 3 atom stereocenters. The van der Waals surface area contributed by atoms with Gasteiger partial charge in [0.05, 0.1) is 18.2 Å². The van der Waals surface area contributed by atoms with Gasteiger partial charge in [-0.25, -0.2) is 0 Å². The fraction of sp³-hybridized carbons (Fsp3) is 0.480. The molecule has 3 unspecified atom stereocenters. The minimum atomic E-state index is -0.651. The summed E-state index contributed by atoms with van der Waals surface area (Å²) in [6.07, 6.45) is 0.791. The van der Waals surface area contributed by atoms with Gasteiger partial charge in [0.25, 0.3) is 0 Å². The molecular formula is C25H32N2O5. The Morgan fingerprint density at radius 2 is 1.84 bits per heavy atom. The molecule has 0 aromatic heterocycles. The van der Waals surface area contributed by atoms with E-state index in [1.807, 2.05) is 31.2 Å². The monoisotopic (exact) mass is 440 g/mol. The van der Waals surface area contributed by atoms with Crippen LogP contribution in [-0.2, 0) is 4.79 Å². The highest BCUT2D eigenvalue weighted by atomic mass is 16.5. The standard InChI is InChI=1S/C25H32N2O5/c1-16(26-17(2)28)18-3-5-19(6-4-18)23(31)15-27-11-9-25(10-12-27)14-22(30)21-13-20(29)7-8-24(21)32-25/h3-8,13,16,22-23,29-31H,9-12,14-15H2,1-2H3,(H,26,28). The molecule has 2 aromatic carbocycles. The summed E-state index contributed by atoms with van der Waals surface area (Å²) >= 11 is 0. The van der Waals surface area contributed by atoms with Crippen LogP contribution < -0.4 is 10.1 Å². The average molecular weight is 441 g/mol. The second-order valence-electron chi connectivity index (χ2n) is 9.13. The summed E-state index contributed by atoms with van der Waals surface area (Å²) in [7, 11) is 0. The normalized spacial score (nSPS) is 21.9. The van der Waals surface area contributed by atoms with Crippen LogP contribution in [-0.4, -0.2) is 51.4 Å². The molecule has 4 rings (SSSR count). The Balaban J connectivity index is 1.33. The minimum absolute atomic E-state index is 0.0689. The molecule has 7 nitrogen and oxygen atoms in total. The quantitative estimate of drug-likeness (QED) is 0.570. The Bertz CT molecular complexity index is 953. The van der Waals surface area contributed by atoms with Crippen LogP contribution in [0.3, 0.4) is 0 Å². The molecule has 0 bridgehead atoms. The van der Waals surface area contributed by atoms with Gasteiger partial charge >= 0.3 is 0 Å². The number of carbonyl (C=O) groups excluding carboxylic acids is 1. The zero-order valence-electron chi connectivity index (χ0n) is 18.6. The number of likely N-dealkylation sites (tertiary alicyclic amines) is 1. The topological polar surface area (TPSA) is 102 Å². The first-order valence-electron chi connectivity index (χ1n) is 11.2. The highest BCUT2D eigenvalue weighted by Crippen LogP contribution is 2.45. The number of β-amino-alcohol motifs (C(OH)–C–C–N with tert-alkyl or cyclic N) is 1. The lowest BCUT2D eigenvalue weighted by Crippen LogP contribution is -2.51. The Hall–Kier alpha value is -2.61. The number of hydrogen-bond donors (Lipinski definition) is 4. The highest BCUT2D eigenvalue weighted by molar-refractivity contribution is 5.73. The number of hydrogen-bond acceptors (Lipinski definition) is 6. The lowest BCUT2D eigenvalue weighted by Gasteiger charge is -2.46. The number of nitrogens with one attached hydrogen (secondary N) is 1. The second-order valence-corrected chi connectivity index (χ2v) is 9.13. The fourth-order valence-electron chi connectivity index (χ4n) is 4.82. The summed E-state index contributed by atoms with van der Waals surface area (Å²) in [4.78, 5) is 13.5. The van der Waals surface area contributed by atoms with Crippen molar-refractivity contribution in [1.82, 2.24) is 10.2 Å². The Morgan fingerprint density at radius 3 is 2.50 bits per heavy atom. The van der Waals surface area contributed by atoms with Crippen LogP contribution in [0.2, 0.25) is 0 Å². The van der Waals surface area contributed by atoms with Crippen LogP contribution in [0, 0.1) is 0 Å². The predicted molar refractivity (Wildman–Crippen MR) is 120 cm³/mol. The van der Waals surface area contributed by atoms with Gasteiger partial charge in [-0.2, -0.15) is 0 Å². The number of phenols is 1. The molecule has 2 aliphatic rings. The Kier molecular flexibility index (Phi) is 6.42. The maximum absolute atomic E-state index is 11.2. The van der Waals surface area contributed by atoms with Crippen LogP contribution in [0.1, 0.15) is 68.1 Å². The van der Waals surface area contributed by atoms with Crippen LogP contribution in [0.5, 0.6) is 11.5 Å². The Morgan fingerprint density at radius 1 is 1.19 bits per heavy atom. The van der Waals surface area contributed by atoms with Gasteiger partial charge in [0.1, 0.15) is 17.1 Å². The van der Waals surface area contributed by atoms with Crippen molar-refractivity contribution < 1.29 is 24.9 Å². The maximum Gasteiger partial charge on any atom is 0.217 e. The largest absolute Gasteiger partial charge is 0.508 e. The Labute approximate surface area is 188 Å². The number of amides is 1. The number of phenolic OH excluding ortho intramolecular Hbond substituents is 1. The van der Waals surface area contributed by atoms with Crippen LogP contribution in [0.25, 0.3) is 0 Å². The van der Waals surface area contributed by atoms with Crippen LogP contribution >= 0.6 is 0 Å². The van der Waals surface area contributed by atoms with E-state index in [-0.39, 0.29) is 17.7 Å². The first kappa shape index (κ1) is 22.6. The van der Waals surface area contributed by atoms with Crippen LogP contribution in [0.4, 0.5) is 0 Å². The van der Waals surface area contributed by atoms with Gasteiger partial charge in [-0.05, 0) is 49.1 Å². The van der Waals surface area contributed by atoms with Gasteiger partial charge in [-0.3, -0.25) is 4.79 Å². The van der Waals surface area contributed by atoms with E-state index < -0.39 is 17.8 Å². The maximum atomic E-state index is 11.2. The molecule has 2 heterocycles. The summed E-state index contributed by atoms with van der Waals surface area (Å²) in [5, 5.41) is 33.9. The van der Waals surface area contributed by atoms with Gasteiger partial charge in [-0.15, -0.1) is 0 Å². The van der Waals surface area contributed by atoms with Crippen molar-refractivity contribution in [3.05, 3.63) is 59.2 Å². The number of rotatable bonds is 5. The molecule has 32 heavy (non-hydrogen) atoms. The van der Waals surface area contributed by atoms with E-state index in [4.69, 9.17) is 4.74 Å². The number of aliphatic hydroxyl groups is 2. The van der Waals surface area contributed by atoms with E-state index >= 15 is 0 Å². The predicted octanol–water partition coefficient (Wildman–Crippen LogP) is 2.97. The average Bonchev–Trinajstić information content (AvgIpc) is 2.76. The number of ether oxygens (including phenoxy) is 1. The van der Waals surface area contributed by atoms with E-state index in [2.05, 4.69) is 10.2 Å². The zero-order chi connectivity index (χ0) is 22.9. The number of piperidine rings is 1. The number of aromatic hydroxyl groups is 1. The van der Waals surface area contributed by atoms with Gasteiger partial charge in [0.15, 0.2) is 0 Å². The molecule has 172 valence electrons. The lowest BCUT2D eigenvalue weighted by atomic mass is 9.81. The molecule has 4 N–H and O–H groups in total. The highest BCUT2D eigenvalue weighted by Gasteiger charge is 2.43. The van der Waals surface area contributed by atoms with Gasteiger partial charge in [0, 0.05) is 38.5 Å². The van der Waals surface area contributed by atoms with Crippen LogP contribution in [0.15, 0.2) is 42.5 Å². The van der Waals surface area contributed by atoms with Gasteiger partial charge in [0.2, 0.25) is 5.91 Å². The van der Waals surface area contributed by atoms with Crippen molar-refractivity contribution in [2.75, 3.05) is 19.6 Å². The summed E-state index contributed by atoms with van der Waals surface area (Å²) in [6.45, 7) is 5.51. The smallest absolute Gasteiger partial charge is 0.217 e. The fourth-order valence-corrected chi connectivity index (χ4v) is 4.82. The third kappa shape index (κ3) is 4.90. The first-order valence-corrected chi connectivity index (χ1v) is 11.2. The summed E-state index contributed by atoms with van der Waals surface area (Å²) in [5.74, 6) is 0.702. The van der Waals surface area contributed by atoms with E-state index in [0.717, 1.165) is 37.1 Å². The zero-order valence-corrected chi connectivity index (χ0v) is 18.6. The van der Waals surface area contributed by atoms with Crippen molar-refractivity contribution in [2.45, 2.75) is 57.0 Å². The first-order chi connectivity index (χ1) is 15.2. The molecule has 1 fully saturated rings. The third-order valence-electron chi connectivity index (χ3n) is 6.68. The second kappa shape index (κ2) is 9.10. The van der Waals surface area contributed by atoms with E-state index in [9.17, 15) is 20.1 Å². The molecule has 0 radical (unpaired) electrons. The molecule has 2 aromatic rings. The van der Waals surface area contributed by atoms with Gasteiger partial charge < -0.3 is 30.3 Å². The lowest BCUT2D eigenvalue weighted by molar-refractivity contribution is -0.119. The number of aliphatic hydroxyl groups excluding tert-OH is 2. The number of carbonyl (C=O) groups is 1. The molecule has 0 saturated carbocycles. The summed E-state index contributed by atoms with van der Waals surface area (Å²) < 4.78 is 6.30. The molecule has 1 spiro atoms. The number of fused-ring (bicyclic) bond motifs is 1. The van der Waals surface area contributed by atoms with Crippen molar-refractivity contribution in [3.8, 4) is 11.5 Å². The van der Waals surface area contributed by atoms with Crippen molar-refractivity contribution in [1.29, 1.82) is 0 Å².